The zero-order chi connectivity index (χ0) is 10.1. The van der Waals surface area contributed by atoms with E-state index in [1.54, 1.807) is 11.4 Å². The van der Waals surface area contributed by atoms with Crippen molar-refractivity contribution in [2.45, 2.75) is 6.61 Å². The molecule has 70 valence electrons. The first kappa shape index (κ1) is 9.13. The summed E-state index contributed by atoms with van der Waals surface area (Å²) in [5, 5.41) is 20.3. The number of benzene rings is 1. The number of halogens is 1. The first-order chi connectivity index (χ1) is 6.77. The molecule has 0 spiro atoms. The molecule has 2 aromatic rings. The molecule has 0 amide bonds. The molecule has 0 saturated heterocycles. The minimum atomic E-state index is -0.519. The van der Waals surface area contributed by atoms with Gasteiger partial charge < -0.3 is 5.11 Å². The van der Waals surface area contributed by atoms with Gasteiger partial charge in [-0.25, -0.2) is 4.39 Å². The molecule has 0 aliphatic rings. The van der Waals surface area contributed by atoms with Gasteiger partial charge in [0.1, 0.15) is 11.9 Å². The maximum absolute atomic E-state index is 13.3. The topological polar surface area (TPSA) is 44.0 Å². The third-order valence-electron chi connectivity index (χ3n) is 2.06. The Morgan fingerprint density at radius 2 is 2.36 bits per heavy atom. The summed E-state index contributed by atoms with van der Waals surface area (Å²) in [5.41, 5.74) is 0.333. The van der Waals surface area contributed by atoms with Gasteiger partial charge in [0.2, 0.25) is 0 Å². The van der Waals surface area contributed by atoms with Gasteiger partial charge in [-0.05, 0) is 22.9 Å². The third kappa shape index (κ3) is 1.18. The monoisotopic (exact) mass is 207 g/mol. The summed E-state index contributed by atoms with van der Waals surface area (Å²) in [5.74, 6) is -0.519. The van der Waals surface area contributed by atoms with Gasteiger partial charge in [0, 0.05) is 5.56 Å². The Morgan fingerprint density at radius 1 is 1.57 bits per heavy atom. The Morgan fingerprint density at radius 3 is 3.00 bits per heavy atom. The first-order valence-corrected chi connectivity index (χ1v) is 4.85. The molecule has 0 bridgehead atoms. The van der Waals surface area contributed by atoms with Crippen molar-refractivity contribution in [3.8, 4) is 6.07 Å². The fourth-order valence-electron chi connectivity index (χ4n) is 1.39. The lowest BCUT2D eigenvalue weighted by Crippen LogP contribution is -1.94. The van der Waals surface area contributed by atoms with Crippen LogP contribution in [0.2, 0.25) is 0 Å². The standard InChI is InChI=1S/C10H6FNOS/c11-9-3-6-1-2-14-10(6)7(4-12)8(9)5-13/h1-3,13H,5H2. The summed E-state index contributed by atoms with van der Waals surface area (Å²) >= 11 is 1.38. The van der Waals surface area contributed by atoms with Crippen LogP contribution >= 0.6 is 11.3 Å². The summed E-state index contributed by atoms with van der Waals surface area (Å²) < 4.78 is 14.1. The number of hydrogen-bond acceptors (Lipinski definition) is 3. The van der Waals surface area contributed by atoms with Crippen molar-refractivity contribution in [2.24, 2.45) is 0 Å². The van der Waals surface area contributed by atoms with Crippen LogP contribution in [0.25, 0.3) is 10.1 Å². The molecule has 0 aliphatic heterocycles. The molecule has 0 aliphatic carbocycles. The van der Waals surface area contributed by atoms with Gasteiger partial charge >= 0.3 is 0 Å². The van der Waals surface area contributed by atoms with Crippen LogP contribution in [0.4, 0.5) is 4.39 Å². The fourth-order valence-corrected chi connectivity index (χ4v) is 2.29. The average Bonchev–Trinajstić information content (AvgIpc) is 2.62. The van der Waals surface area contributed by atoms with E-state index < -0.39 is 12.4 Å². The third-order valence-corrected chi connectivity index (χ3v) is 3.01. The second-order valence-electron chi connectivity index (χ2n) is 2.82. The zero-order valence-corrected chi connectivity index (χ0v) is 7.94. The van der Waals surface area contributed by atoms with Gasteiger partial charge in [0.25, 0.3) is 0 Å². The Kier molecular flexibility index (Phi) is 2.20. The second kappa shape index (κ2) is 3.37. The molecule has 1 aromatic carbocycles. The van der Waals surface area contributed by atoms with Crippen LogP contribution in [0.1, 0.15) is 11.1 Å². The highest BCUT2D eigenvalue weighted by molar-refractivity contribution is 7.17. The molecule has 0 fully saturated rings. The number of rotatable bonds is 1. The Bertz CT molecular complexity index is 527. The second-order valence-corrected chi connectivity index (χ2v) is 3.74. The Balaban J connectivity index is 2.91. The fraction of sp³-hybridized carbons (Fsp3) is 0.100. The molecule has 0 saturated carbocycles. The van der Waals surface area contributed by atoms with Gasteiger partial charge in [-0.15, -0.1) is 11.3 Å². The number of thiophene rings is 1. The number of aliphatic hydroxyl groups is 1. The van der Waals surface area contributed by atoms with Crippen LogP contribution in [0, 0.1) is 17.1 Å². The molecular weight excluding hydrogens is 201 g/mol. The highest BCUT2D eigenvalue weighted by Crippen LogP contribution is 2.29. The summed E-state index contributed by atoms with van der Waals surface area (Å²) in [6.07, 6.45) is 0. The van der Waals surface area contributed by atoms with E-state index in [1.165, 1.54) is 17.4 Å². The average molecular weight is 207 g/mol. The Labute approximate surface area is 83.8 Å². The predicted octanol–water partition coefficient (Wildman–Crippen LogP) is 2.40. The first-order valence-electron chi connectivity index (χ1n) is 3.97. The van der Waals surface area contributed by atoms with Crippen LogP contribution in [0.15, 0.2) is 17.5 Å². The maximum Gasteiger partial charge on any atom is 0.130 e. The van der Waals surface area contributed by atoms with Crippen LogP contribution in [-0.4, -0.2) is 5.11 Å². The van der Waals surface area contributed by atoms with Crippen molar-refractivity contribution in [2.75, 3.05) is 0 Å². The number of nitriles is 1. The minimum Gasteiger partial charge on any atom is -0.392 e. The van der Waals surface area contributed by atoms with Crippen molar-refractivity contribution in [3.05, 3.63) is 34.5 Å². The van der Waals surface area contributed by atoms with Crippen LogP contribution in [0.3, 0.4) is 0 Å². The smallest absolute Gasteiger partial charge is 0.130 e. The zero-order valence-electron chi connectivity index (χ0n) is 7.12. The lowest BCUT2D eigenvalue weighted by molar-refractivity contribution is 0.275. The number of aliphatic hydroxyl groups excluding tert-OH is 1. The number of hydrogen-bond donors (Lipinski definition) is 1. The molecule has 14 heavy (non-hydrogen) atoms. The summed E-state index contributed by atoms with van der Waals surface area (Å²) in [6, 6.07) is 5.03. The van der Waals surface area contributed by atoms with Crippen LogP contribution < -0.4 is 0 Å². The maximum atomic E-state index is 13.3. The van der Waals surface area contributed by atoms with Crippen molar-refractivity contribution >= 4 is 21.4 Å². The van der Waals surface area contributed by atoms with Crippen LogP contribution in [-0.2, 0) is 6.61 Å². The highest BCUT2D eigenvalue weighted by Gasteiger charge is 2.13. The summed E-state index contributed by atoms with van der Waals surface area (Å²) in [7, 11) is 0. The van der Waals surface area contributed by atoms with Crippen molar-refractivity contribution in [3.63, 3.8) is 0 Å². The van der Waals surface area contributed by atoms with E-state index in [-0.39, 0.29) is 11.1 Å². The van der Waals surface area contributed by atoms with E-state index >= 15 is 0 Å². The SMILES string of the molecule is N#Cc1c(CO)c(F)cc2ccsc12. The molecule has 1 heterocycles. The lowest BCUT2D eigenvalue weighted by Gasteiger charge is -2.02. The summed E-state index contributed by atoms with van der Waals surface area (Å²) in [6.45, 7) is -0.442. The predicted molar refractivity (Wildman–Crippen MR) is 52.4 cm³/mol. The van der Waals surface area contributed by atoms with Crippen molar-refractivity contribution < 1.29 is 9.50 Å². The normalized spacial score (nSPS) is 10.4. The Hall–Kier alpha value is -1.44. The quantitative estimate of drug-likeness (QED) is 0.780. The largest absolute Gasteiger partial charge is 0.392 e. The molecule has 1 aromatic heterocycles. The highest BCUT2D eigenvalue weighted by atomic mass is 32.1. The van der Waals surface area contributed by atoms with Crippen molar-refractivity contribution in [1.29, 1.82) is 5.26 Å². The number of fused-ring (bicyclic) bond motifs is 1. The molecule has 4 heteroatoms. The van der Waals surface area contributed by atoms with Gasteiger partial charge in [0.05, 0.1) is 16.9 Å². The van der Waals surface area contributed by atoms with E-state index in [0.29, 0.717) is 5.39 Å². The molecule has 2 nitrogen and oxygen atoms in total. The van der Waals surface area contributed by atoms with Gasteiger partial charge in [0.15, 0.2) is 0 Å². The molecule has 0 atom stereocenters. The van der Waals surface area contributed by atoms with Gasteiger partial charge in [-0.2, -0.15) is 5.26 Å². The van der Waals surface area contributed by atoms with Crippen LogP contribution in [0.5, 0.6) is 0 Å². The van der Waals surface area contributed by atoms with Crippen molar-refractivity contribution in [1.82, 2.24) is 0 Å². The van der Waals surface area contributed by atoms with E-state index in [1.807, 2.05) is 6.07 Å². The van der Waals surface area contributed by atoms with E-state index in [9.17, 15) is 4.39 Å². The van der Waals surface area contributed by atoms with E-state index in [2.05, 4.69) is 0 Å². The van der Waals surface area contributed by atoms with Gasteiger partial charge in [-0.3, -0.25) is 0 Å². The molecular formula is C10H6FNOS. The van der Waals surface area contributed by atoms with E-state index in [0.717, 1.165) is 4.70 Å². The lowest BCUT2D eigenvalue weighted by atomic mass is 10.1. The molecule has 0 unspecified atom stereocenters. The molecule has 1 N–H and O–H groups in total. The summed E-state index contributed by atoms with van der Waals surface area (Å²) in [4.78, 5) is 0. The number of nitrogens with zero attached hydrogens (tertiary/aromatic N) is 1. The van der Waals surface area contributed by atoms with E-state index in [4.69, 9.17) is 10.4 Å². The minimum absolute atomic E-state index is 0.0856. The van der Waals surface area contributed by atoms with Gasteiger partial charge in [-0.1, -0.05) is 0 Å². The molecule has 0 radical (unpaired) electrons. The molecule has 2 rings (SSSR count).